The minimum Gasteiger partial charge on any atom is -0.480 e. The van der Waals surface area contributed by atoms with Gasteiger partial charge in [-0.15, -0.1) is 11.8 Å². The summed E-state index contributed by atoms with van der Waals surface area (Å²) in [5.74, 6) is 0.919. The van der Waals surface area contributed by atoms with Crippen molar-refractivity contribution in [2.75, 3.05) is 11.6 Å². The van der Waals surface area contributed by atoms with Gasteiger partial charge < -0.3 is 10.1 Å². The number of ether oxygens (including phenoxy) is 1. The first kappa shape index (κ1) is 20.3. The summed E-state index contributed by atoms with van der Waals surface area (Å²) < 4.78 is 23.4. The summed E-state index contributed by atoms with van der Waals surface area (Å²) >= 11 is 8.03. The highest BCUT2D eigenvalue weighted by Gasteiger charge is 2.41. The maximum Gasteiger partial charge on any atom is 0.226 e. The third-order valence-corrected chi connectivity index (χ3v) is 6.97. The van der Waals surface area contributed by atoms with E-state index in [0.717, 1.165) is 27.3 Å². The molecule has 8 heteroatoms. The quantitative estimate of drug-likeness (QED) is 0.349. The molecule has 0 spiro atoms. The van der Waals surface area contributed by atoms with Crippen LogP contribution in [0.15, 0.2) is 83.5 Å². The van der Waals surface area contributed by atoms with E-state index in [1.165, 1.54) is 12.4 Å². The third kappa shape index (κ3) is 3.31. The van der Waals surface area contributed by atoms with Crippen molar-refractivity contribution < 1.29 is 9.13 Å². The summed E-state index contributed by atoms with van der Waals surface area (Å²) in [4.78, 5) is 5.53. The van der Waals surface area contributed by atoms with E-state index in [0.29, 0.717) is 22.3 Å². The second-order valence-corrected chi connectivity index (χ2v) is 9.14. The van der Waals surface area contributed by atoms with Crippen molar-refractivity contribution in [3.05, 3.63) is 106 Å². The predicted octanol–water partition coefficient (Wildman–Crippen LogP) is 6.35. The number of aromatic nitrogens is 3. The molecule has 0 fully saturated rings. The highest BCUT2D eigenvalue weighted by molar-refractivity contribution is 7.98. The van der Waals surface area contributed by atoms with Crippen molar-refractivity contribution >= 4 is 35.0 Å². The number of fused-ring (bicyclic) bond motifs is 3. The topological polar surface area (TPSA) is 52.0 Å². The number of nitrogens with one attached hydrogen (secondary N) is 1. The van der Waals surface area contributed by atoms with Crippen LogP contribution in [0.1, 0.15) is 28.8 Å². The molecule has 6 rings (SSSR count). The maximum absolute atomic E-state index is 15.2. The van der Waals surface area contributed by atoms with E-state index in [2.05, 4.69) is 39.7 Å². The second kappa shape index (κ2) is 7.93. The Bertz CT molecular complexity index is 1400. The number of rotatable bonds is 3. The first-order chi connectivity index (χ1) is 16.1. The normalized spacial score (nSPS) is 18.6. The van der Waals surface area contributed by atoms with Crippen LogP contribution in [0.5, 0.6) is 5.75 Å². The van der Waals surface area contributed by atoms with Crippen molar-refractivity contribution in [1.82, 2.24) is 14.8 Å². The number of hydrogen-bond acceptors (Lipinski definition) is 5. The third-order valence-electron chi connectivity index (χ3n) is 5.99. The minimum atomic E-state index is -0.544. The van der Waals surface area contributed by atoms with E-state index in [1.807, 2.05) is 24.5 Å². The van der Waals surface area contributed by atoms with E-state index in [4.69, 9.17) is 16.3 Å². The summed E-state index contributed by atoms with van der Waals surface area (Å²) in [5.41, 5.74) is 3.94. The molecule has 0 amide bonds. The molecule has 33 heavy (non-hydrogen) atoms. The number of thioether (sulfide) groups is 1. The SMILES string of the molecule is CSc1ccc(C2Oc3ccc(Cl)cc3C3=C2C(c2ccccc2F)n2ncnc2N3)cc1. The fourth-order valence-electron chi connectivity index (χ4n) is 4.49. The first-order valence-electron chi connectivity index (χ1n) is 10.4. The van der Waals surface area contributed by atoms with Crippen LogP contribution in [0.4, 0.5) is 10.3 Å². The molecule has 5 nitrogen and oxygen atoms in total. The van der Waals surface area contributed by atoms with Crippen LogP contribution in [-0.2, 0) is 0 Å². The van der Waals surface area contributed by atoms with E-state index in [-0.39, 0.29) is 5.82 Å². The van der Waals surface area contributed by atoms with Crippen LogP contribution in [0.25, 0.3) is 5.70 Å². The number of benzene rings is 3. The van der Waals surface area contributed by atoms with Gasteiger partial charge in [0.05, 0.1) is 5.70 Å². The van der Waals surface area contributed by atoms with Crippen LogP contribution in [0.2, 0.25) is 5.02 Å². The Balaban J connectivity index is 1.63. The van der Waals surface area contributed by atoms with Gasteiger partial charge in [-0.25, -0.2) is 9.07 Å². The molecule has 1 aromatic heterocycles. The molecule has 2 unspecified atom stereocenters. The van der Waals surface area contributed by atoms with Gasteiger partial charge in [0, 0.05) is 26.6 Å². The number of hydrogen-bond donors (Lipinski definition) is 1. The van der Waals surface area contributed by atoms with Gasteiger partial charge in [-0.3, -0.25) is 0 Å². The zero-order valence-electron chi connectivity index (χ0n) is 17.5. The van der Waals surface area contributed by atoms with E-state index in [9.17, 15) is 0 Å². The minimum absolute atomic E-state index is 0.314. The van der Waals surface area contributed by atoms with Gasteiger partial charge >= 0.3 is 0 Å². The summed E-state index contributed by atoms with van der Waals surface area (Å²) in [7, 11) is 0. The highest BCUT2D eigenvalue weighted by atomic mass is 35.5. The molecule has 4 aromatic rings. The van der Waals surface area contributed by atoms with Gasteiger partial charge in [0.25, 0.3) is 0 Å². The molecule has 0 saturated heterocycles. The number of nitrogens with zero attached hydrogens (tertiary/aromatic N) is 3. The lowest BCUT2D eigenvalue weighted by molar-refractivity contribution is 0.222. The molecule has 0 aliphatic carbocycles. The first-order valence-corrected chi connectivity index (χ1v) is 12.0. The molecular formula is C25H18ClFN4OS. The van der Waals surface area contributed by atoms with Gasteiger partial charge in [0.1, 0.15) is 30.0 Å². The van der Waals surface area contributed by atoms with Crippen LogP contribution < -0.4 is 10.1 Å². The Labute approximate surface area is 199 Å². The smallest absolute Gasteiger partial charge is 0.226 e. The molecule has 3 aromatic carbocycles. The fraction of sp³-hybridized carbons (Fsp3) is 0.120. The van der Waals surface area contributed by atoms with E-state index in [1.54, 1.807) is 34.6 Å². The Morgan fingerprint density at radius 1 is 1.09 bits per heavy atom. The highest BCUT2D eigenvalue weighted by Crippen LogP contribution is 2.51. The number of halogens is 2. The van der Waals surface area contributed by atoms with Gasteiger partial charge in [-0.2, -0.15) is 10.1 Å². The van der Waals surface area contributed by atoms with Crippen molar-refractivity contribution in [2.24, 2.45) is 0 Å². The van der Waals surface area contributed by atoms with Crippen molar-refractivity contribution in [3.8, 4) is 5.75 Å². The van der Waals surface area contributed by atoms with Crippen molar-refractivity contribution in [1.29, 1.82) is 0 Å². The van der Waals surface area contributed by atoms with Crippen LogP contribution in [0, 0.1) is 5.82 Å². The predicted molar refractivity (Wildman–Crippen MR) is 128 cm³/mol. The van der Waals surface area contributed by atoms with Crippen LogP contribution in [-0.4, -0.2) is 21.0 Å². The van der Waals surface area contributed by atoms with Crippen molar-refractivity contribution in [2.45, 2.75) is 17.0 Å². The van der Waals surface area contributed by atoms with E-state index < -0.39 is 12.1 Å². The molecular weight excluding hydrogens is 459 g/mol. The summed E-state index contributed by atoms with van der Waals surface area (Å²) in [6.07, 6.45) is 3.05. The Hall–Kier alpha value is -3.29. The van der Waals surface area contributed by atoms with Gasteiger partial charge in [-0.05, 0) is 48.2 Å². The largest absolute Gasteiger partial charge is 0.480 e. The maximum atomic E-state index is 15.2. The zero-order chi connectivity index (χ0) is 22.5. The Morgan fingerprint density at radius 3 is 2.70 bits per heavy atom. The lowest BCUT2D eigenvalue weighted by Gasteiger charge is -2.39. The lowest BCUT2D eigenvalue weighted by atomic mass is 9.84. The van der Waals surface area contributed by atoms with E-state index >= 15 is 4.39 Å². The molecule has 1 N–H and O–H groups in total. The molecule has 2 aliphatic rings. The summed E-state index contributed by atoms with van der Waals surface area (Å²) in [6.45, 7) is 0. The molecule has 0 bridgehead atoms. The lowest BCUT2D eigenvalue weighted by Crippen LogP contribution is -2.32. The molecule has 164 valence electrons. The molecule has 0 saturated carbocycles. The standard InChI is InChI=1S/C25H18ClFN4OS/c1-33-16-9-6-14(7-10-16)24-21-22(18-12-15(26)8-11-20(18)32-24)30-25-28-13-29-31(25)23(21)17-4-2-3-5-19(17)27/h2-13,23-24H,1H3,(H,28,29,30). The molecule has 3 heterocycles. The monoisotopic (exact) mass is 476 g/mol. The average molecular weight is 477 g/mol. The average Bonchev–Trinajstić information content (AvgIpc) is 3.31. The molecule has 2 aliphatic heterocycles. The van der Waals surface area contributed by atoms with Gasteiger partial charge in [0.2, 0.25) is 5.95 Å². The van der Waals surface area contributed by atoms with Crippen LogP contribution >= 0.6 is 23.4 Å². The summed E-state index contributed by atoms with van der Waals surface area (Å²) in [5, 5.41) is 8.43. The van der Waals surface area contributed by atoms with Gasteiger partial charge in [0.15, 0.2) is 0 Å². The Kier molecular flexibility index (Phi) is 4.89. The van der Waals surface area contributed by atoms with Crippen LogP contribution in [0.3, 0.4) is 0 Å². The Morgan fingerprint density at radius 2 is 1.91 bits per heavy atom. The second-order valence-electron chi connectivity index (χ2n) is 7.82. The van der Waals surface area contributed by atoms with Crippen molar-refractivity contribution in [3.63, 3.8) is 0 Å². The number of anilines is 1. The zero-order valence-corrected chi connectivity index (χ0v) is 19.1. The summed E-state index contributed by atoms with van der Waals surface area (Å²) in [6, 6.07) is 20.0. The molecule has 0 radical (unpaired) electrons. The molecule has 2 atom stereocenters. The van der Waals surface area contributed by atoms with Gasteiger partial charge in [-0.1, -0.05) is 41.9 Å². The fourth-order valence-corrected chi connectivity index (χ4v) is 5.07.